The van der Waals surface area contributed by atoms with E-state index < -0.39 is 5.97 Å². The summed E-state index contributed by atoms with van der Waals surface area (Å²) in [6, 6.07) is 17.0. The molecule has 2 aromatic carbocycles. The first-order valence-corrected chi connectivity index (χ1v) is 10.2. The lowest BCUT2D eigenvalue weighted by Gasteiger charge is -2.18. The van der Waals surface area contributed by atoms with Gasteiger partial charge >= 0.3 is 5.97 Å². The van der Waals surface area contributed by atoms with Gasteiger partial charge in [0.25, 0.3) is 5.91 Å². The molecule has 1 aromatic heterocycles. The van der Waals surface area contributed by atoms with Crippen molar-refractivity contribution in [2.45, 2.75) is 39.3 Å². The lowest BCUT2D eigenvalue weighted by atomic mass is 10.0. The number of para-hydroxylation sites is 1. The molecule has 3 rings (SSSR count). The van der Waals surface area contributed by atoms with E-state index in [0.29, 0.717) is 17.8 Å². The molecule has 0 radical (unpaired) electrons. The highest BCUT2D eigenvalue weighted by molar-refractivity contribution is 5.96. The number of carbonyl (C=O) groups excluding carboxylic acids is 2. The molecule has 0 aliphatic heterocycles. The van der Waals surface area contributed by atoms with E-state index in [1.165, 1.54) is 0 Å². The average molecular weight is 409 g/mol. The number of ether oxygens (including phenoxy) is 2. The van der Waals surface area contributed by atoms with Crippen molar-refractivity contribution in [2.24, 2.45) is 0 Å². The zero-order valence-corrected chi connectivity index (χ0v) is 17.4. The van der Waals surface area contributed by atoms with Crippen LogP contribution >= 0.6 is 0 Å². The van der Waals surface area contributed by atoms with Crippen LogP contribution in [-0.4, -0.2) is 25.1 Å². The van der Waals surface area contributed by atoms with Gasteiger partial charge in [-0.25, -0.2) is 4.79 Å². The molecule has 1 N–H and O–H groups in total. The van der Waals surface area contributed by atoms with Gasteiger partial charge in [-0.3, -0.25) is 4.79 Å². The number of nitrogens with one attached hydrogen (secondary N) is 1. The lowest BCUT2D eigenvalue weighted by molar-refractivity contribution is -0.125. The summed E-state index contributed by atoms with van der Waals surface area (Å²) in [6.07, 6.45) is 1.71. The minimum absolute atomic E-state index is 0.0746. The van der Waals surface area contributed by atoms with Gasteiger partial charge in [-0.05, 0) is 25.0 Å². The number of fused-ring (bicyclic) bond motifs is 1. The highest BCUT2D eigenvalue weighted by atomic mass is 16.5. The second-order valence-electron chi connectivity index (χ2n) is 6.94. The van der Waals surface area contributed by atoms with Crippen molar-refractivity contribution < 1.29 is 23.5 Å². The summed E-state index contributed by atoms with van der Waals surface area (Å²) in [5.74, 6) is -0.957. The smallest absolute Gasteiger partial charge is 0.375 e. The summed E-state index contributed by atoms with van der Waals surface area (Å²) >= 11 is 0. The molecule has 3 aromatic rings. The van der Waals surface area contributed by atoms with Gasteiger partial charge < -0.3 is 19.2 Å². The second-order valence-corrected chi connectivity index (χ2v) is 6.94. The van der Waals surface area contributed by atoms with Crippen LogP contribution in [0.3, 0.4) is 0 Å². The van der Waals surface area contributed by atoms with Gasteiger partial charge in [0.1, 0.15) is 5.58 Å². The fourth-order valence-corrected chi connectivity index (χ4v) is 3.34. The van der Waals surface area contributed by atoms with Crippen LogP contribution < -0.4 is 5.32 Å². The molecule has 0 fully saturated rings. The first-order chi connectivity index (χ1) is 14.6. The molecule has 0 spiro atoms. The third-order valence-electron chi connectivity index (χ3n) is 4.78. The predicted octanol–water partition coefficient (Wildman–Crippen LogP) is 4.78. The van der Waals surface area contributed by atoms with Gasteiger partial charge in [-0.15, -0.1) is 0 Å². The Morgan fingerprint density at radius 3 is 2.50 bits per heavy atom. The minimum atomic E-state index is -0.678. The van der Waals surface area contributed by atoms with Crippen molar-refractivity contribution >= 4 is 22.8 Å². The summed E-state index contributed by atoms with van der Waals surface area (Å²) in [5.41, 5.74) is 2.23. The van der Waals surface area contributed by atoms with Crippen LogP contribution in [-0.2, 0) is 20.9 Å². The first kappa shape index (κ1) is 21.6. The number of furan rings is 1. The quantitative estimate of drug-likeness (QED) is 0.488. The molecule has 6 nitrogen and oxygen atoms in total. The minimum Gasteiger partial charge on any atom is -0.450 e. The van der Waals surface area contributed by atoms with E-state index in [9.17, 15) is 9.59 Å². The molecule has 1 atom stereocenters. The SMILES string of the molecule is CCC[C@@H](NC(=O)COC(=O)c1oc2ccccc2c1COCC)c1ccccc1. The van der Waals surface area contributed by atoms with E-state index in [1.54, 1.807) is 6.07 Å². The van der Waals surface area contributed by atoms with Crippen molar-refractivity contribution in [3.63, 3.8) is 0 Å². The van der Waals surface area contributed by atoms with Crippen LogP contribution in [0.15, 0.2) is 59.0 Å². The standard InChI is InChI=1S/C24H27NO5/c1-3-10-20(17-11-6-5-7-12-17)25-22(26)16-29-24(27)23-19(15-28-4-2)18-13-8-9-14-21(18)30-23/h5-9,11-14,20H,3-4,10,15-16H2,1-2H3,(H,25,26)/t20-/m1/s1. The Bertz CT molecular complexity index is 980. The number of esters is 1. The van der Waals surface area contributed by atoms with Crippen molar-refractivity contribution in [1.29, 1.82) is 0 Å². The maximum atomic E-state index is 12.6. The van der Waals surface area contributed by atoms with E-state index in [0.717, 1.165) is 23.8 Å². The lowest BCUT2D eigenvalue weighted by Crippen LogP contribution is -2.32. The molecule has 0 unspecified atom stereocenters. The third kappa shape index (κ3) is 5.27. The maximum Gasteiger partial charge on any atom is 0.375 e. The summed E-state index contributed by atoms with van der Waals surface area (Å²) in [6.45, 7) is 4.30. The Morgan fingerprint density at radius 2 is 1.77 bits per heavy atom. The van der Waals surface area contributed by atoms with Crippen LogP contribution in [0.25, 0.3) is 11.0 Å². The van der Waals surface area contributed by atoms with Crippen molar-refractivity contribution in [2.75, 3.05) is 13.2 Å². The Labute approximate surface area is 176 Å². The molecule has 0 saturated heterocycles. The number of rotatable bonds is 10. The number of carbonyl (C=O) groups is 2. The van der Waals surface area contributed by atoms with E-state index >= 15 is 0 Å². The molecular formula is C24H27NO5. The Morgan fingerprint density at radius 1 is 1.03 bits per heavy atom. The Hall–Kier alpha value is -3.12. The predicted molar refractivity (Wildman–Crippen MR) is 114 cm³/mol. The molecule has 0 saturated carbocycles. The van der Waals surface area contributed by atoms with Crippen LogP contribution in [0.1, 0.15) is 54.4 Å². The van der Waals surface area contributed by atoms with E-state index in [-0.39, 0.29) is 30.9 Å². The average Bonchev–Trinajstić information content (AvgIpc) is 3.15. The second kappa shape index (κ2) is 10.6. The summed E-state index contributed by atoms with van der Waals surface area (Å²) in [5, 5.41) is 3.75. The summed E-state index contributed by atoms with van der Waals surface area (Å²) in [4.78, 5) is 25.1. The van der Waals surface area contributed by atoms with Crippen LogP contribution in [0, 0.1) is 0 Å². The molecule has 1 amide bonds. The fraction of sp³-hybridized carbons (Fsp3) is 0.333. The number of benzene rings is 2. The molecule has 6 heteroatoms. The van der Waals surface area contributed by atoms with Gasteiger partial charge in [-0.2, -0.15) is 0 Å². The Kier molecular flexibility index (Phi) is 7.63. The highest BCUT2D eigenvalue weighted by Crippen LogP contribution is 2.27. The van der Waals surface area contributed by atoms with Gasteiger partial charge in [0.15, 0.2) is 6.61 Å². The Balaban J connectivity index is 1.67. The molecule has 0 aliphatic carbocycles. The number of hydrogen-bond donors (Lipinski definition) is 1. The largest absolute Gasteiger partial charge is 0.450 e. The first-order valence-electron chi connectivity index (χ1n) is 10.2. The summed E-state index contributed by atoms with van der Waals surface area (Å²) in [7, 11) is 0. The molecule has 0 bridgehead atoms. The van der Waals surface area contributed by atoms with Crippen LogP contribution in [0.4, 0.5) is 0 Å². The van der Waals surface area contributed by atoms with Crippen LogP contribution in [0.5, 0.6) is 0 Å². The molecule has 30 heavy (non-hydrogen) atoms. The monoisotopic (exact) mass is 409 g/mol. The number of amides is 1. The van der Waals surface area contributed by atoms with Crippen molar-refractivity contribution in [3.8, 4) is 0 Å². The van der Waals surface area contributed by atoms with Gasteiger partial charge in [0.2, 0.25) is 5.76 Å². The molecule has 1 heterocycles. The molecular weight excluding hydrogens is 382 g/mol. The summed E-state index contributed by atoms with van der Waals surface area (Å²) < 4.78 is 16.4. The maximum absolute atomic E-state index is 12.6. The zero-order chi connectivity index (χ0) is 21.3. The molecule has 158 valence electrons. The highest BCUT2D eigenvalue weighted by Gasteiger charge is 2.23. The topological polar surface area (TPSA) is 77.8 Å². The zero-order valence-electron chi connectivity index (χ0n) is 17.4. The van der Waals surface area contributed by atoms with E-state index in [4.69, 9.17) is 13.9 Å². The van der Waals surface area contributed by atoms with Crippen molar-refractivity contribution in [3.05, 3.63) is 71.5 Å². The number of hydrogen-bond acceptors (Lipinski definition) is 5. The van der Waals surface area contributed by atoms with Crippen LogP contribution in [0.2, 0.25) is 0 Å². The van der Waals surface area contributed by atoms with E-state index in [1.807, 2.05) is 55.5 Å². The third-order valence-corrected chi connectivity index (χ3v) is 4.78. The van der Waals surface area contributed by atoms with Gasteiger partial charge in [0.05, 0.1) is 12.6 Å². The van der Waals surface area contributed by atoms with E-state index in [2.05, 4.69) is 12.2 Å². The molecule has 0 aliphatic rings. The fourth-order valence-electron chi connectivity index (χ4n) is 3.34. The van der Waals surface area contributed by atoms with Gasteiger partial charge in [0, 0.05) is 17.6 Å². The van der Waals surface area contributed by atoms with Crippen molar-refractivity contribution in [1.82, 2.24) is 5.32 Å². The normalized spacial score (nSPS) is 11.9. The van der Waals surface area contributed by atoms with Gasteiger partial charge in [-0.1, -0.05) is 61.9 Å².